The summed E-state index contributed by atoms with van der Waals surface area (Å²) in [6, 6.07) is 53.6. The topological polar surface area (TPSA) is 24.9 Å². The number of pyridine rings is 1. The summed E-state index contributed by atoms with van der Waals surface area (Å²) in [7, 11) is 0. The second-order valence-electron chi connectivity index (χ2n) is 12.8. The number of allylic oxidation sites excluding steroid dienone is 2. The standard InChI is InChI=1S/C47H34N2/c1-2-14-44-42(13-1)43-15-3-4-16-45(43)47-38(12-7-17-46(44)47)27-32-8-5-9-35(26-32)36-10-6-11-37(28-36)41-30-39(33-18-22-48-23-19-33)29-40(31-41)34-20-24-49-25-21-34/h1-24,26,28-31,49H,25,27H2. The van der Waals surface area contributed by atoms with Crippen molar-refractivity contribution in [3.8, 4) is 33.4 Å². The number of dihydropyridines is 1. The Morgan fingerprint density at radius 1 is 0.469 bits per heavy atom. The van der Waals surface area contributed by atoms with E-state index in [0.29, 0.717) is 0 Å². The fourth-order valence-electron chi connectivity index (χ4n) is 7.48. The summed E-state index contributed by atoms with van der Waals surface area (Å²) in [5.74, 6) is 0. The summed E-state index contributed by atoms with van der Waals surface area (Å²) >= 11 is 0. The molecule has 0 saturated heterocycles. The van der Waals surface area contributed by atoms with Crippen molar-refractivity contribution in [1.29, 1.82) is 0 Å². The van der Waals surface area contributed by atoms with Gasteiger partial charge in [0, 0.05) is 18.9 Å². The lowest BCUT2D eigenvalue weighted by Crippen LogP contribution is -2.08. The molecule has 2 heteroatoms. The smallest absolute Gasteiger partial charge is 0.0334 e. The van der Waals surface area contributed by atoms with E-state index in [4.69, 9.17) is 0 Å². The largest absolute Gasteiger partial charge is 0.387 e. The maximum absolute atomic E-state index is 4.25. The molecular weight excluding hydrogens is 593 g/mol. The fourth-order valence-corrected chi connectivity index (χ4v) is 7.48. The molecule has 0 amide bonds. The molecule has 0 radical (unpaired) electrons. The zero-order chi connectivity index (χ0) is 32.6. The van der Waals surface area contributed by atoms with Gasteiger partial charge in [-0.25, -0.2) is 0 Å². The molecule has 0 unspecified atom stereocenters. The number of nitrogens with zero attached hydrogens (tertiary/aromatic N) is 1. The summed E-state index contributed by atoms with van der Waals surface area (Å²) in [5, 5.41) is 11.2. The Hall–Kier alpha value is -6.25. The Labute approximate surface area is 286 Å². The van der Waals surface area contributed by atoms with Crippen LogP contribution in [0.2, 0.25) is 0 Å². The van der Waals surface area contributed by atoms with E-state index >= 15 is 0 Å². The highest BCUT2D eigenvalue weighted by atomic mass is 14.8. The predicted octanol–water partition coefficient (Wildman–Crippen LogP) is 11.6. The maximum Gasteiger partial charge on any atom is 0.0334 e. The maximum atomic E-state index is 4.25. The first kappa shape index (κ1) is 28.9. The van der Waals surface area contributed by atoms with Crippen molar-refractivity contribution in [2.24, 2.45) is 0 Å². The molecule has 9 rings (SSSR count). The quantitative estimate of drug-likeness (QED) is 0.186. The minimum Gasteiger partial charge on any atom is -0.387 e. The molecule has 0 saturated carbocycles. The first-order valence-electron chi connectivity index (χ1n) is 17.0. The molecule has 7 aromatic carbocycles. The highest BCUT2D eigenvalue weighted by Crippen LogP contribution is 2.38. The minimum absolute atomic E-state index is 0.831. The first-order valence-corrected chi connectivity index (χ1v) is 17.0. The van der Waals surface area contributed by atoms with Crippen LogP contribution in [0.5, 0.6) is 0 Å². The van der Waals surface area contributed by atoms with Crippen LogP contribution in [0.4, 0.5) is 0 Å². The third kappa shape index (κ3) is 5.48. The SMILES string of the molecule is C1=CC(c2cc(-c3ccncc3)cc(-c3cccc(-c4cccc(Cc5cccc6c7ccccc7c7ccccc7c56)c4)c3)c2)=CCN1. The van der Waals surface area contributed by atoms with Gasteiger partial charge in [-0.05, 0) is 143 Å². The van der Waals surface area contributed by atoms with Crippen LogP contribution in [0, 0.1) is 0 Å². The van der Waals surface area contributed by atoms with Crippen LogP contribution in [-0.2, 0) is 6.42 Å². The van der Waals surface area contributed by atoms with Crippen LogP contribution in [0.15, 0.2) is 176 Å². The van der Waals surface area contributed by atoms with Gasteiger partial charge in [-0.3, -0.25) is 4.98 Å². The summed E-state index contributed by atoms with van der Waals surface area (Å²) in [6.45, 7) is 0.831. The fraction of sp³-hybridized carbons (Fsp3) is 0.0426. The van der Waals surface area contributed by atoms with Crippen LogP contribution in [-0.4, -0.2) is 11.5 Å². The second-order valence-corrected chi connectivity index (χ2v) is 12.8. The van der Waals surface area contributed by atoms with Gasteiger partial charge < -0.3 is 5.32 Å². The Bertz CT molecular complexity index is 2530. The molecule has 0 atom stereocenters. The molecular formula is C47H34N2. The van der Waals surface area contributed by atoms with E-state index in [-0.39, 0.29) is 0 Å². The molecule has 2 heterocycles. The predicted molar refractivity (Wildman–Crippen MR) is 207 cm³/mol. The Morgan fingerprint density at radius 2 is 1.02 bits per heavy atom. The van der Waals surface area contributed by atoms with Gasteiger partial charge in [-0.15, -0.1) is 0 Å². The molecule has 2 nitrogen and oxygen atoms in total. The molecule has 0 spiro atoms. The number of hydrogen-bond donors (Lipinski definition) is 1. The first-order chi connectivity index (χ1) is 24.3. The Kier molecular flexibility index (Phi) is 7.33. The minimum atomic E-state index is 0.831. The van der Waals surface area contributed by atoms with Gasteiger partial charge in [0.15, 0.2) is 0 Å². The van der Waals surface area contributed by atoms with Crippen LogP contribution in [0.1, 0.15) is 16.7 Å². The van der Waals surface area contributed by atoms with Crippen molar-refractivity contribution < 1.29 is 0 Å². The van der Waals surface area contributed by atoms with Gasteiger partial charge in [0.2, 0.25) is 0 Å². The van der Waals surface area contributed by atoms with Gasteiger partial charge in [-0.2, -0.15) is 0 Å². The number of fused-ring (bicyclic) bond motifs is 6. The van der Waals surface area contributed by atoms with Gasteiger partial charge in [-0.1, -0.05) is 115 Å². The van der Waals surface area contributed by atoms with Crippen molar-refractivity contribution in [2.75, 3.05) is 6.54 Å². The highest BCUT2D eigenvalue weighted by molar-refractivity contribution is 6.26. The zero-order valence-corrected chi connectivity index (χ0v) is 27.1. The van der Waals surface area contributed by atoms with E-state index in [2.05, 4.69) is 168 Å². The van der Waals surface area contributed by atoms with E-state index < -0.39 is 0 Å². The van der Waals surface area contributed by atoms with Crippen molar-refractivity contribution in [1.82, 2.24) is 10.3 Å². The molecule has 1 aliphatic rings. The van der Waals surface area contributed by atoms with E-state index in [1.807, 2.05) is 18.6 Å². The summed E-state index contributed by atoms with van der Waals surface area (Å²) in [4.78, 5) is 4.25. The van der Waals surface area contributed by atoms with Gasteiger partial charge in [0.1, 0.15) is 0 Å². The third-order valence-electron chi connectivity index (χ3n) is 9.81. The van der Waals surface area contributed by atoms with E-state index in [0.717, 1.165) is 18.5 Å². The van der Waals surface area contributed by atoms with Crippen LogP contribution < -0.4 is 5.32 Å². The third-order valence-corrected chi connectivity index (χ3v) is 9.81. The molecule has 1 N–H and O–H groups in total. The molecule has 1 aromatic heterocycles. The molecule has 232 valence electrons. The Balaban J connectivity index is 1.11. The molecule has 0 fully saturated rings. The number of aromatic nitrogens is 1. The average molecular weight is 627 g/mol. The lowest BCUT2D eigenvalue weighted by Gasteiger charge is -2.15. The average Bonchev–Trinajstić information content (AvgIpc) is 3.19. The van der Waals surface area contributed by atoms with Crippen molar-refractivity contribution in [2.45, 2.75) is 6.42 Å². The summed E-state index contributed by atoms with van der Waals surface area (Å²) in [6.07, 6.45) is 11.0. The van der Waals surface area contributed by atoms with Gasteiger partial charge in [0.05, 0.1) is 0 Å². The molecule has 8 aromatic rings. The van der Waals surface area contributed by atoms with Crippen molar-refractivity contribution in [3.63, 3.8) is 0 Å². The van der Waals surface area contributed by atoms with Gasteiger partial charge in [0.25, 0.3) is 0 Å². The Morgan fingerprint density at radius 3 is 1.73 bits per heavy atom. The monoisotopic (exact) mass is 626 g/mol. The van der Waals surface area contributed by atoms with Crippen molar-refractivity contribution >= 4 is 37.9 Å². The normalized spacial score (nSPS) is 12.7. The van der Waals surface area contributed by atoms with Crippen LogP contribution in [0.25, 0.3) is 71.3 Å². The number of nitrogens with one attached hydrogen (secondary N) is 1. The van der Waals surface area contributed by atoms with Crippen LogP contribution >= 0.6 is 0 Å². The molecule has 49 heavy (non-hydrogen) atoms. The number of hydrogen-bond acceptors (Lipinski definition) is 2. The second kappa shape index (κ2) is 12.4. The van der Waals surface area contributed by atoms with E-state index in [9.17, 15) is 0 Å². The summed E-state index contributed by atoms with van der Waals surface area (Å²) < 4.78 is 0. The highest BCUT2D eigenvalue weighted by Gasteiger charge is 2.13. The van der Waals surface area contributed by atoms with Crippen molar-refractivity contribution in [3.05, 3.63) is 193 Å². The number of rotatable bonds is 6. The molecule has 1 aliphatic heterocycles. The van der Waals surface area contributed by atoms with Crippen LogP contribution in [0.3, 0.4) is 0 Å². The van der Waals surface area contributed by atoms with Gasteiger partial charge >= 0.3 is 0 Å². The zero-order valence-electron chi connectivity index (χ0n) is 27.1. The van der Waals surface area contributed by atoms with E-state index in [1.165, 1.54) is 82.4 Å². The summed E-state index contributed by atoms with van der Waals surface area (Å²) in [5.41, 5.74) is 12.3. The molecule has 0 bridgehead atoms. The molecule has 0 aliphatic carbocycles. The lowest BCUT2D eigenvalue weighted by molar-refractivity contribution is 0.976. The van der Waals surface area contributed by atoms with E-state index in [1.54, 1.807) is 0 Å². The number of benzene rings is 7. The lowest BCUT2D eigenvalue weighted by atomic mass is 9.89.